The lowest BCUT2D eigenvalue weighted by Crippen LogP contribution is -2.40. The number of fused-ring (bicyclic) bond motifs is 1. The van der Waals surface area contributed by atoms with Crippen LogP contribution in [0.15, 0.2) is 71.5 Å². The Morgan fingerprint density at radius 1 is 1.06 bits per heavy atom. The topological polar surface area (TPSA) is 76.5 Å². The number of anilines is 1. The fraction of sp³-hybridized carbons (Fsp3) is 0.276. The van der Waals surface area contributed by atoms with Crippen LogP contribution < -0.4 is 15.6 Å². The molecule has 0 spiro atoms. The zero-order valence-electron chi connectivity index (χ0n) is 21.4. The van der Waals surface area contributed by atoms with Gasteiger partial charge in [-0.3, -0.25) is 9.36 Å². The zero-order valence-corrected chi connectivity index (χ0v) is 21.4. The monoisotopic (exact) mass is 484 g/mol. The molecule has 0 aliphatic heterocycles. The van der Waals surface area contributed by atoms with Gasteiger partial charge in [0.2, 0.25) is 0 Å². The van der Waals surface area contributed by atoms with Crippen LogP contribution in [0.25, 0.3) is 16.6 Å². The van der Waals surface area contributed by atoms with Gasteiger partial charge in [-0.1, -0.05) is 37.3 Å². The molecule has 2 amide bonds. The van der Waals surface area contributed by atoms with Crippen molar-refractivity contribution < 1.29 is 9.53 Å². The highest BCUT2D eigenvalue weighted by molar-refractivity contribution is 5.91. The molecule has 0 aliphatic carbocycles. The lowest BCUT2D eigenvalue weighted by Gasteiger charge is -2.30. The highest BCUT2D eigenvalue weighted by Gasteiger charge is 2.27. The lowest BCUT2D eigenvalue weighted by atomic mass is 10.1. The van der Waals surface area contributed by atoms with E-state index in [1.165, 1.54) is 0 Å². The Kier molecular flexibility index (Phi) is 7.38. The molecule has 1 atom stereocenters. The molecule has 0 saturated heterocycles. The molecule has 0 fully saturated rings. The van der Waals surface area contributed by atoms with Gasteiger partial charge in [0.1, 0.15) is 11.6 Å². The van der Waals surface area contributed by atoms with E-state index in [-0.39, 0.29) is 11.6 Å². The Bertz CT molecular complexity index is 1460. The molecule has 186 valence electrons. The number of para-hydroxylation sites is 3. The van der Waals surface area contributed by atoms with E-state index in [1.54, 1.807) is 34.8 Å². The maximum Gasteiger partial charge on any atom is 0.322 e. The van der Waals surface area contributed by atoms with Gasteiger partial charge in [-0.15, -0.1) is 0 Å². The Labute approximate surface area is 211 Å². The van der Waals surface area contributed by atoms with Gasteiger partial charge < -0.3 is 15.0 Å². The molecule has 3 aromatic carbocycles. The Morgan fingerprint density at radius 2 is 1.78 bits per heavy atom. The molecule has 0 aliphatic rings. The van der Waals surface area contributed by atoms with Crippen molar-refractivity contribution in [1.82, 2.24) is 14.5 Å². The second-order valence-electron chi connectivity index (χ2n) is 8.90. The molecule has 4 rings (SSSR count). The van der Waals surface area contributed by atoms with Gasteiger partial charge in [-0.25, -0.2) is 9.78 Å². The molecule has 4 aromatic rings. The van der Waals surface area contributed by atoms with Gasteiger partial charge >= 0.3 is 6.03 Å². The fourth-order valence-corrected chi connectivity index (χ4v) is 4.33. The van der Waals surface area contributed by atoms with Gasteiger partial charge in [0.05, 0.1) is 35.4 Å². The molecular weight excluding hydrogens is 452 g/mol. The lowest BCUT2D eigenvalue weighted by molar-refractivity contribution is 0.189. The van der Waals surface area contributed by atoms with Crippen LogP contribution in [0.4, 0.5) is 10.5 Å². The Morgan fingerprint density at radius 3 is 2.50 bits per heavy atom. The van der Waals surface area contributed by atoms with Crippen LogP contribution in [0.5, 0.6) is 5.75 Å². The van der Waals surface area contributed by atoms with E-state index in [2.05, 4.69) is 5.32 Å². The average molecular weight is 485 g/mol. The van der Waals surface area contributed by atoms with Crippen LogP contribution >= 0.6 is 0 Å². The highest BCUT2D eigenvalue weighted by Crippen LogP contribution is 2.27. The first-order valence-corrected chi connectivity index (χ1v) is 12.2. The number of hydrogen-bond donors (Lipinski definition) is 1. The molecule has 1 aromatic heterocycles. The summed E-state index contributed by atoms with van der Waals surface area (Å²) in [5, 5.41) is 3.51. The summed E-state index contributed by atoms with van der Waals surface area (Å²) in [4.78, 5) is 33.9. The van der Waals surface area contributed by atoms with Crippen molar-refractivity contribution in [3.05, 3.63) is 94.0 Å². The Balaban J connectivity index is 1.84. The predicted molar refractivity (Wildman–Crippen MR) is 144 cm³/mol. The first-order valence-electron chi connectivity index (χ1n) is 12.2. The maximum absolute atomic E-state index is 13.8. The molecule has 7 heteroatoms. The highest BCUT2D eigenvalue weighted by atomic mass is 16.5. The average Bonchev–Trinajstić information content (AvgIpc) is 2.89. The second kappa shape index (κ2) is 10.6. The number of hydrogen-bond acceptors (Lipinski definition) is 4. The van der Waals surface area contributed by atoms with Gasteiger partial charge in [-0.2, -0.15) is 0 Å². The number of nitrogens with one attached hydrogen (secondary N) is 1. The number of benzene rings is 3. The number of carbonyl (C=O) groups is 1. The largest absolute Gasteiger partial charge is 0.495 e. The standard InChI is InChI=1S/C29H32N4O3/c1-6-17-32(29(35)31-25-13-9-10-14-26(25)36-5)21(4)27-30-24-12-8-7-11-23(24)28(34)33(27)22-16-15-19(2)20(3)18-22/h7-16,18,21H,6,17H2,1-5H3,(H,31,35). The summed E-state index contributed by atoms with van der Waals surface area (Å²) < 4.78 is 7.04. The number of amides is 2. The van der Waals surface area contributed by atoms with E-state index < -0.39 is 6.04 Å². The molecule has 0 saturated carbocycles. The van der Waals surface area contributed by atoms with Crippen molar-refractivity contribution >= 4 is 22.6 Å². The smallest absolute Gasteiger partial charge is 0.322 e. The van der Waals surface area contributed by atoms with Gasteiger partial charge in [0, 0.05) is 6.54 Å². The Hall–Kier alpha value is -4.13. The summed E-state index contributed by atoms with van der Waals surface area (Å²) in [6, 6.07) is 19.7. The van der Waals surface area contributed by atoms with Crippen LogP contribution in [-0.4, -0.2) is 34.1 Å². The number of rotatable bonds is 7. The van der Waals surface area contributed by atoms with E-state index in [9.17, 15) is 9.59 Å². The normalized spacial score (nSPS) is 11.8. The molecule has 36 heavy (non-hydrogen) atoms. The molecule has 7 nitrogen and oxygen atoms in total. The third-order valence-corrected chi connectivity index (χ3v) is 6.47. The second-order valence-corrected chi connectivity index (χ2v) is 8.90. The van der Waals surface area contributed by atoms with Crippen LogP contribution in [0.3, 0.4) is 0 Å². The van der Waals surface area contributed by atoms with E-state index in [1.807, 2.05) is 76.2 Å². The number of urea groups is 1. The number of ether oxygens (including phenoxy) is 1. The summed E-state index contributed by atoms with van der Waals surface area (Å²) in [5.41, 5.74) is 3.96. The SMILES string of the molecule is CCCN(C(=O)Nc1ccccc1OC)C(C)c1nc2ccccc2c(=O)n1-c1ccc(C)c(C)c1. The molecule has 0 bridgehead atoms. The van der Waals surface area contributed by atoms with E-state index in [0.29, 0.717) is 34.7 Å². The van der Waals surface area contributed by atoms with Crippen molar-refractivity contribution in [1.29, 1.82) is 0 Å². The van der Waals surface area contributed by atoms with Crippen molar-refractivity contribution in [2.24, 2.45) is 0 Å². The molecule has 1 unspecified atom stereocenters. The number of nitrogens with zero attached hydrogens (tertiary/aromatic N) is 3. The van der Waals surface area contributed by atoms with Gasteiger partial charge in [-0.05, 0) is 74.7 Å². The quantitative estimate of drug-likeness (QED) is 0.348. The van der Waals surface area contributed by atoms with E-state index in [4.69, 9.17) is 9.72 Å². The number of methoxy groups -OCH3 is 1. The summed E-state index contributed by atoms with van der Waals surface area (Å²) in [6.07, 6.45) is 0.741. The van der Waals surface area contributed by atoms with Crippen molar-refractivity contribution in [2.45, 2.75) is 40.2 Å². The molecule has 1 heterocycles. The van der Waals surface area contributed by atoms with E-state index in [0.717, 1.165) is 23.2 Å². The summed E-state index contributed by atoms with van der Waals surface area (Å²) in [5.74, 6) is 1.08. The van der Waals surface area contributed by atoms with Crippen LogP contribution in [0.2, 0.25) is 0 Å². The summed E-state index contributed by atoms with van der Waals surface area (Å²) in [7, 11) is 1.57. The summed E-state index contributed by atoms with van der Waals surface area (Å²) >= 11 is 0. The van der Waals surface area contributed by atoms with Gasteiger partial charge in [0.15, 0.2) is 0 Å². The minimum atomic E-state index is -0.487. The number of aryl methyl sites for hydroxylation is 2. The number of carbonyl (C=O) groups excluding carboxylic acids is 1. The molecule has 0 radical (unpaired) electrons. The van der Waals surface area contributed by atoms with Crippen LogP contribution in [0, 0.1) is 13.8 Å². The van der Waals surface area contributed by atoms with Gasteiger partial charge in [0.25, 0.3) is 5.56 Å². The maximum atomic E-state index is 13.8. The first-order chi connectivity index (χ1) is 17.3. The van der Waals surface area contributed by atoms with Crippen molar-refractivity contribution in [3.63, 3.8) is 0 Å². The minimum Gasteiger partial charge on any atom is -0.495 e. The molecular formula is C29H32N4O3. The predicted octanol–water partition coefficient (Wildman–Crippen LogP) is 6.02. The minimum absolute atomic E-state index is 0.160. The van der Waals surface area contributed by atoms with Crippen LogP contribution in [-0.2, 0) is 0 Å². The van der Waals surface area contributed by atoms with E-state index >= 15 is 0 Å². The third kappa shape index (κ3) is 4.82. The summed E-state index contributed by atoms with van der Waals surface area (Å²) in [6.45, 7) is 8.46. The third-order valence-electron chi connectivity index (χ3n) is 6.47. The fourth-order valence-electron chi connectivity index (χ4n) is 4.33. The van der Waals surface area contributed by atoms with Crippen molar-refractivity contribution in [3.8, 4) is 11.4 Å². The molecule has 1 N–H and O–H groups in total. The zero-order chi connectivity index (χ0) is 25.8. The first kappa shape index (κ1) is 25.0. The van der Waals surface area contributed by atoms with Crippen molar-refractivity contribution in [2.75, 3.05) is 19.0 Å². The van der Waals surface area contributed by atoms with Crippen LogP contribution in [0.1, 0.15) is 43.3 Å². The number of aromatic nitrogens is 2.